The van der Waals surface area contributed by atoms with Crippen LogP contribution in [0.5, 0.6) is 0 Å². The van der Waals surface area contributed by atoms with Crippen molar-refractivity contribution in [3.63, 3.8) is 0 Å². The standard InChI is InChI=1S/C26H54O3Si/c1-28-26(27)24-22-20-18-16-14-12-10-8-6-5-7-9-11-13-15-17-19-21-23-25-29-30(2,3)4/h5-25H2,1-4H3. The molecule has 0 aliphatic carbocycles. The van der Waals surface area contributed by atoms with Crippen molar-refractivity contribution in [2.24, 2.45) is 0 Å². The van der Waals surface area contributed by atoms with Crippen molar-refractivity contribution in [2.45, 2.75) is 148 Å². The van der Waals surface area contributed by atoms with E-state index < -0.39 is 8.32 Å². The average molecular weight is 443 g/mol. The molecule has 0 saturated carbocycles. The molecular weight excluding hydrogens is 388 g/mol. The van der Waals surface area contributed by atoms with Crippen LogP contribution in [-0.2, 0) is 14.0 Å². The van der Waals surface area contributed by atoms with Crippen LogP contribution in [0.15, 0.2) is 0 Å². The molecule has 0 aromatic carbocycles. The Morgan fingerprint density at radius 2 is 0.833 bits per heavy atom. The highest BCUT2D eigenvalue weighted by Crippen LogP contribution is 2.15. The molecule has 0 saturated heterocycles. The highest BCUT2D eigenvalue weighted by Gasteiger charge is 2.12. The maximum Gasteiger partial charge on any atom is 0.305 e. The molecule has 0 aliphatic heterocycles. The summed E-state index contributed by atoms with van der Waals surface area (Å²) in [7, 11) is 0.182. The van der Waals surface area contributed by atoms with Crippen molar-refractivity contribution >= 4 is 14.3 Å². The first-order chi connectivity index (χ1) is 14.5. The molecule has 0 atom stereocenters. The van der Waals surface area contributed by atoms with E-state index >= 15 is 0 Å². The predicted molar refractivity (Wildman–Crippen MR) is 134 cm³/mol. The Morgan fingerprint density at radius 1 is 0.533 bits per heavy atom. The van der Waals surface area contributed by atoms with Gasteiger partial charge in [0.25, 0.3) is 0 Å². The van der Waals surface area contributed by atoms with Gasteiger partial charge in [0, 0.05) is 13.0 Å². The Bertz CT molecular complexity index is 366. The van der Waals surface area contributed by atoms with Gasteiger partial charge < -0.3 is 9.16 Å². The van der Waals surface area contributed by atoms with Crippen LogP contribution in [-0.4, -0.2) is 28.0 Å². The second-order valence-corrected chi connectivity index (χ2v) is 14.5. The topological polar surface area (TPSA) is 35.5 Å². The van der Waals surface area contributed by atoms with Crippen LogP contribution in [0, 0.1) is 0 Å². The van der Waals surface area contributed by atoms with Gasteiger partial charge in [0.1, 0.15) is 0 Å². The van der Waals surface area contributed by atoms with Crippen LogP contribution in [0.4, 0.5) is 0 Å². The quantitative estimate of drug-likeness (QED) is 0.0900. The van der Waals surface area contributed by atoms with E-state index in [1.54, 1.807) is 0 Å². The number of ether oxygens (including phenoxy) is 1. The second kappa shape index (κ2) is 21.9. The van der Waals surface area contributed by atoms with Gasteiger partial charge in [-0.1, -0.05) is 109 Å². The van der Waals surface area contributed by atoms with Gasteiger partial charge in [-0.15, -0.1) is 0 Å². The summed E-state index contributed by atoms with van der Waals surface area (Å²) in [5.41, 5.74) is 0. The highest BCUT2D eigenvalue weighted by molar-refractivity contribution is 6.69. The summed E-state index contributed by atoms with van der Waals surface area (Å²) in [6.45, 7) is 7.80. The third-order valence-corrected chi connectivity index (χ3v) is 6.86. The Morgan fingerprint density at radius 3 is 1.13 bits per heavy atom. The van der Waals surface area contributed by atoms with E-state index in [9.17, 15) is 4.79 Å². The SMILES string of the molecule is COC(=O)CCCCCCCCCCCCCCCCCCCCCO[Si](C)(C)C. The first kappa shape index (κ1) is 29.6. The minimum Gasteiger partial charge on any atom is -0.469 e. The maximum atomic E-state index is 11.0. The second-order valence-electron chi connectivity index (χ2n) is 10.0. The summed E-state index contributed by atoms with van der Waals surface area (Å²) in [6, 6.07) is 0. The number of carbonyl (C=O) groups excluding carboxylic acids is 1. The van der Waals surface area contributed by atoms with Gasteiger partial charge in [0.2, 0.25) is 0 Å². The van der Waals surface area contributed by atoms with Crippen LogP contribution in [0.1, 0.15) is 128 Å². The van der Waals surface area contributed by atoms with Crippen molar-refractivity contribution in [2.75, 3.05) is 13.7 Å². The number of hydrogen-bond acceptors (Lipinski definition) is 3. The number of rotatable bonds is 23. The van der Waals surface area contributed by atoms with Gasteiger partial charge in [-0.2, -0.15) is 0 Å². The first-order valence-corrected chi connectivity index (χ1v) is 16.6. The lowest BCUT2D eigenvalue weighted by Crippen LogP contribution is -2.25. The minimum absolute atomic E-state index is 0.0653. The minimum atomic E-state index is -1.29. The van der Waals surface area contributed by atoms with E-state index in [0.717, 1.165) is 13.0 Å². The van der Waals surface area contributed by atoms with E-state index in [1.807, 2.05) is 0 Å². The van der Waals surface area contributed by atoms with Crippen molar-refractivity contribution in [3.8, 4) is 0 Å². The first-order valence-electron chi connectivity index (χ1n) is 13.2. The molecule has 0 bridgehead atoms. The zero-order chi connectivity index (χ0) is 22.3. The molecule has 0 spiro atoms. The summed E-state index contributed by atoms with van der Waals surface area (Å²) < 4.78 is 10.6. The fourth-order valence-corrected chi connectivity index (χ4v) is 4.61. The van der Waals surface area contributed by atoms with Crippen molar-refractivity contribution in [3.05, 3.63) is 0 Å². The summed E-state index contributed by atoms with van der Waals surface area (Å²) in [6.07, 6.45) is 26.4. The summed E-state index contributed by atoms with van der Waals surface area (Å²) >= 11 is 0. The van der Waals surface area contributed by atoms with Crippen LogP contribution in [0.2, 0.25) is 19.6 Å². The monoisotopic (exact) mass is 442 g/mol. The zero-order valence-corrected chi connectivity index (χ0v) is 22.1. The molecule has 0 N–H and O–H groups in total. The van der Waals surface area contributed by atoms with Gasteiger partial charge >= 0.3 is 5.97 Å². The molecule has 0 radical (unpaired) electrons. The fraction of sp³-hybridized carbons (Fsp3) is 0.962. The predicted octanol–water partition coefficient (Wildman–Crippen LogP) is 8.81. The summed E-state index contributed by atoms with van der Waals surface area (Å²) in [4.78, 5) is 11.0. The third kappa shape index (κ3) is 25.7. The summed E-state index contributed by atoms with van der Waals surface area (Å²) in [5.74, 6) is -0.0653. The van der Waals surface area contributed by atoms with E-state index in [-0.39, 0.29) is 5.97 Å². The Kier molecular flexibility index (Phi) is 21.6. The Balaban J connectivity index is 3.06. The van der Waals surface area contributed by atoms with E-state index in [2.05, 4.69) is 24.4 Å². The molecule has 0 aromatic heterocycles. The van der Waals surface area contributed by atoms with Crippen molar-refractivity contribution in [1.29, 1.82) is 0 Å². The van der Waals surface area contributed by atoms with Gasteiger partial charge in [0.15, 0.2) is 8.32 Å². The lowest BCUT2D eigenvalue weighted by Gasteiger charge is -2.16. The van der Waals surface area contributed by atoms with Crippen LogP contribution >= 0.6 is 0 Å². The lowest BCUT2D eigenvalue weighted by atomic mass is 10.0. The number of carbonyl (C=O) groups is 1. The van der Waals surface area contributed by atoms with Crippen molar-refractivity contribution < 1.29 is 14.0 Å². The Labute approximate surface area is 190 Å². The molecule has 0 aliphatic rings. The lowest BCUT2D eigenvalue weighted by molar-refractivity contribution is -0.140. The van der Waals surface area contributed by atoms with Gasteiger partial charge in [-0.3, -0.25) is 4.79 Å². The molecule has 4 heteroatoms. The molecule has 0 amide bonds. The molecule has 180 valence electrons. The molecule has 0 fully saturated rings. The Hall–Kier alpha value is -0.353. The number of hydrogen-bond donors (Lipinski definition) is 0. The van der Waals surface area contributed by atoms with E-state index in [4.69, 9.17) is 4.43 Å². The van der Waals surface area contributed by atoms with E-state index in [0.29, 0.717) is 6.42 Å². The molecule has 0 heterocycles. The molecular formula is C26H54O3Si. The highest BCUT2D eigenvalue weighted by atomic mass is 28.4. The average Bonchev–Trinajstić information content (AvgIpc) is 2.70. The zero-order valence-electron chi connectivity index (χ0n) is 21.1. The van der Waals surface area contributed by atoms with Crippen LogP contribution in [0.3, 0.4) is 0 Å². The molecule has 30 heavy (non-hydrogen) atoms. The van der Waals surface area contributed by atoms with Gasteiger partial charge in [0.05, 0.1) is 7.11 Å². The normalized spacial score (nSPS) is 11.7. The van der Waals surface area contributed by atoms with Crippen LogP contribution < -0.4 is 0 Å². The molecule has 0 unspecified atom stereocenters. The molecule has 3 nitrogen and oxygen atoms in total. The summed E-state index contributed by atoms with van der Waals surface area (Å²) in [5, 5.41) is 0. The molecule has 0 rings (SSSR count). The number of esters is 1. The molecule has 0 aromatic rings. The van der Waals surface area contributed by atoms with Crippen LogP contribution in [0.25, 0.3) is 0 Å². The maximum absolute atomic E-state index is 11.0. The van der Waals surface area contributed by atoms with E-state index in [1.165, 1.54) is 123 Å². The third-order valence-electron chi connectivity index (χ3n) is 5.79. The van der Waals surface area contributed by atoms with Crippen molar-refractivity contribution in [1.82, 2.24) is 0 Å². The van der Waals surface area contributed by atoms with Gasteiger partial charge in [-0.25, -0.2) is 0 Å². The fourth-order valence-electron chi connectivity index (χ4n) is 3.86. The largest absolute Gasteiger partial charge is 0.469 e. The smallest absolute Gasteiger partial charge is 0.305 e. The number of methoxy groups -OCH3 is 1. The van der Waals surface area contributed by atoms with Gasteiger partial charge in [-0.05, 0) is 32.5 Å². The number of unbranched alkanes of at least 4 members (excludes halogenated alkanes) is 18.